The number of anilines is 3. The number of para-hydroxylation sites is 2. The Morgan fingerprint density at radius 2 is 0.797 bits per heavy atom. The molecule has 5 N–H and O–H groups in total. The van der Waals surface area contributed by atoms with Crippen LogP contribution in [0.2, 0.25) is 0 Å². The van der Waals surface area contributed by atoms with Gasteiger partial charge < -0.3 is 26.5 Å². The second-order valence-corrected chi connectivity index (χ2v) is 17.6. The van der Waals surface area contributed by atoms with E-state index >= 15 is 0 Å². The number of benzene rings is 11. The van der Waals surface area contributed by atoms with Gasteiger partial charge in [-0.3, -0.25) is 0 Å². The molecule has 0 bridgehead atoms. The zero-order valence-electron chi connectivity index (χ0n) is 42.1. The smallest absolute Gasteiger partial charge is 0.0622 e. The first-order chi connectivity index (χ1) is 36.4. The van der Waals surface area contributed by atoms with Gasteiger partial charge in [-0.25, -0.2) is 0 Å². The fraction of sp³-hybridized carbons (Fsp3) is 0.0580. The number of hydrogen-bond donors (Lipinski definition) is 4. The van der Waals surface area contributed by atoms with Crippen molar-refractivity contribution in [3.05, 3.63) is 290 Å². The van der Waals surface area contributed by atoms with Gasteiger partial charge in [-0.2, -0.15) is 0 Å². The number of nitrogens with two attached hydrogens (primary N) is 1. The molecule has 0 saturated carbocycles. The van der Waals surface area contributed by atoms with Crippen LogP contribution in [0.25, 0.3) is 71.7 Å². The van der Waals surface area contributed by atoms with Gasteiger partial charge in [0, 0.05) is 36.9 Å². The average molecular weight is 963 g/mol. The molecule has 0 aliphatic carbocycles. The Bertz CT molecular complexity index is 3510. The first-order valence-corrected chi connectivity index (χ1v) is 24.9. The van der Waals surface area contributed by atoms with Gasteiger partial charge in [0.25, 0.3) is 0 Å². The molecule has 0 saturated heterocycles. The van der Waals surface area contributed by atoms with Gasteiger partial charge in [0.15, 0.2) is 0 Å². The largest absolute Gasteiger partial charge is 0.399 e. The Labute approximate surface area is 436 Å². The number of nitrogens with one attached hydrogen (secondary N) is 2. The van der Waals surface area contributed by atoms with E-state index in [-0.39, 0.29) is 6.61 Å². The highest BCUT2D eigenvalue weighted by Crippen LogP contribution is 2.41. The summed E-state index contributed by atoms with van der Waals surface area (Å²) in [5.74, 6) is 0. The molecule has 0 spiro atoms. The number of nitrogens with zero attached hydrogens (tertiary/aromatic N) is 1. The SMILES string of the molecule is C=N.CCO.CN(/C=C(\Nc1ccc(-c2ccc(-c3ccc(-c4ccc(Cc5ccc(-c6ccccc6)cc5)cc4)c4ccccc34)c3ccccc23)cc1)c1ccccc1)c1ccccc1.Nc1ccccc1. The molecule has 11 aromatic rings. The second-order valence-electron chi connectivity index (χ2n) is 17.6. The van der Waals surface area contributed by atoms with Crippen LogP contribution >= 0.6 is 0 Å². The second kappa shape index (κ2) is 25.7. The summed E-state index contributed by atoms with van der Waals surface area (Å²) in [6.45, 7) is 4.43. The van der Waals surface area contributed by atoms with Gasteiger partial charge >= 0.3 is 0 Å². The van der Waals surface area contributed by atoms with E-state index < -0.39 is 0 Å². The Morgan fingerprint density at radius 3 is 1.24 bits per heavy atom. The minimum absolute atomic E-state index is 0.250. The lowest BCUT2D eigenvalue weighted by molar-refractivity contribution is 0.318. The van der Waals surface area contributed by atoms with Crippen LogP contribution in [0.5, 0.6) is 0 Å². The monoisotopic (exact) mass is 962 g/mol. The number of hydrogen-bond acceptors (Lipinski definition) is 5. The normalized spacial score (nSPS) is 10.7. The molecule has 74 heavy (non-hydrogen) atoms. The Balaban J connectivity index is 0.000000546. The van der Waals surface area contributed by atoms with Crippen LogP contribution < -0.4 is 16.0 Å². The van der Waals surface area contributed by atoms with E-state index in [2.05, 4.69) is 261 Å². The van der Waals surface area contributed by atoms with E-state index in [1.165, 1.54) is 77.2 Å². The first kappa shape index (κ1) is 51.1. The lowest BCUT2D eigenvalue weighted by Gasteiger charge is -2.19. The van der Waals surface area contributed by atoms with Gasteiger partial charge in [0.05, 0.1) is 5.70 Å². The fourth-order valence-electron chi connectivity index (χ4n) is 9.12. The number of rotatable bonds is 11. The average Bonchev–Trinajstić information content (AvgIpc) is 3.47. The molecule has 11 aromatic carbocycles. The maximum Gasteiger partial charge on any atom is 0.0622 e. The third-order valence-electron chi connectivity index (χ3n) is 12.7. The van der Waals surface area contributed by atoms with Gasteiger partial charge in [-0.05, 0) is 139 Å². The number of nitrogen functional groups attached to an aromatic ring is 1. The van der Waals surface area contributed by atoms with E-state index in [4.69, 9.17) is 16.2 Å². The maximum absolute atomic E-state index is 7.57. The molecular formula is C69H62N4O. The lowest BCUT2D eigenvalue weighted by Crippen LogP contribution is -2.11. The van der Waals surface area contributed by atoms with Crippen molar-refractivity contribution in [2.75, 3.05) is 29.6 Å². The van der Waals surface area contributed by atoms with E-state index in [1.54, 1.807) is 6.92 Å². The maximum atomic E-state index is 7.57. The topological polar surface area (TPSA) is 85.4 Å². The highest BCUT2D eigenvalue weighted by Gasteiger charge is 2.15. The molecule has 0 heterocycles. The highest BCUT2D eigenvalue weighted by atomic mass is 16.2. The van der Waals surface area contributed by atoms with Gasteiger partial charge in [-0.1, -0.05) is 231 Å². The van der Waals surface area contributed by atoms with Crippen LogP contribution in [0.4, 0.5) is 17.1 Å². The molecule has 0 fully saturated rings. The molecule has 0 amide bonds. The standard InChI is InChI=1S/C60H46N2.C6H7N.C2H6O.CH3N/c1-62(51-19-9-4-10-20-51)42-60(49-17-7-3-8-18-49)61-50-35-33-48(34-36-50)53-38-40-59(57-24-14-12-22-55(53)57)58-39-37-52(54-21-11-13-23-56(54)58)47-31-27-44(28-32-47)41-43-25-29-46(30-26-43)45-15-5-2-6-16-45;7-6-4-2-1-3-5-6;1-2-3;1-2/h2-40,42,61H,41H2,1H3;1-5H,7H2;3H,2H2,1H3;2H,1H2/b60-42-;;;. The predicted octanol–water partition coefficient (Wildman–Crippen LogP) is 17.3. The van der Waals surface area contributed by atoms with Crippen molar-refractivity contribution >= 4 is 51.0 Å². The van der Waals surface area contributed by atoms with Crippen molar-refractivity contribution in [3.8, 4) is 44.5 Å². The molecule has 0 aromatic heterocycles. The molecule has 0 atom stereocenters. The van der Waals surface area contributed by atoms with Crippen LogP contribution in [0.1, 0.15) is 23.6 Å². The summed E-state index contributed by atoms with van der Waals surface area (Å²) in [6.07, 6.45) is 3.06. The quantitative estimate of drug-likeness (QED) is 0.0769. The molecule has 5 nitrogen and oxygen atoms in total. The van der Waals surface area contributed by atoms with Gasteiger partial charge in [0.1, 0.15) is 0 Å². The molecule has 0 aliphatic heterocycles. The summed E-state index contributed by atoms with van der Waals surface area (Å²) in [5, 5.41) is 21.8. The molecule has 11 rings (SSSR count). The lowest BCUT2D eigenvalue weighted by atomic mass is 9.88. The van der Waals surface area contributed by atoms with E-state index in [9.17, 15) is 0 Å². The molecular weight excluding hydrogens is 901 g/mol. The molecule has 0 aliphatic rings. The molecule has 5 heteroatoms. The minimum Gasteiger partial charge on any atom is -0.399 e. The Kier molecular flexibility index (Phi) is 17.7. The van der Waals surface area contributed by atoms with Crippen LogP contribution in [0, 0.1) is 5.41 Å². The Morgan fingerprint density at radius 1 is 0.446 bits per heavy atom. The molecule has 0 radical (unpaired) electrons. The molecule has 0 unspecified atom stereocenters. The minimum atomic E-state index is 0.250. The van der Waals surface area contributed by atoms with Gasteiger partial charge in [-0.15, -0.1) is 0 Å². The third-order valence-corrected chi connectivity index (χ3v) is 12.7. The summed E-state index contributed by atoms with van der Waals surface area (Å²) >= 11 is 0. The van der Waals surface area contributed by atoms with Crippen molar-refractivity contribution in [2.24, 2.45) is 0 Å². The number of aliphatic hydroxyl groups excluding tert-OH is 1. The Hall–Kier alpha value is -9.29. The van der Waals surface area contributed by atoms with Crippen molar-refractivity contribution in [2.45, 2.75) is 13.3 Å². The van der Waals surface area contributed by atoms with E-state index in [0.717, 1.165) is 34.7 Å². The summed E-state index contributed by atoms with van der Waals surface area (Å²) in [4.78, 5) is 2.15. The zero-order chi connectivity index (χ0) is 51.5. The third kappa shape index (κ3) is 12.8. The van der Waals surface area contributed by atoms with Crippen LogP contribution in [0.3, 0.4) is 0 Å². The predicted molar refractivity (Wildman–Crippen MR) is 319 cm³/mol. The van der Waals surface area contributed by atoms with Crippen LogP contribution in [-0.4, -0.2) is 25.5 Å². The number of aliphatic hydroxyl groups is 1. The highest BCUT2D eigenvalue weighted by molar-refractivity contribution is 6.12. The number of fused-ring (bicyclic) bond motifs is 2. The van der Waals surface area contributed by atoms with Crippen molar-refractivity contribution in [1.29, 1.82) is 5.41 Å². The van der Waals surface area contributed by atoms with Crippen LogP contribution in [-0.2, 0) is 6.42 Å². The summed E-state index contributed by atoms with van der Waals surface area (Å²) in [6, 6.07) is 94.7. The van der Waals surface area contributed by atoms with Crippen molar-refractivity contribution in [3.63, 3.8) is 0 Å². The summed E-state index contributed by atoms with van der Waals surface area (Å²) in [7, 11) is 2.08. The van der Waals surface area contributed by atoms with Crippen molar-refractivity contribution < 1.29 is 5.11 Å². The first-order valence-electron chi connectivity index (χ1n) is 24.9. The van der Waals surface area contributed by atoms with Crippen molar-refractivity contribution in [1.82, 2.24) is 0 Å². The van der Waals surface area contributed by atoms with Gasteiger partial charge in [0.2, 0.25) is 0 Å². The molecule has 364 valence electrons. The summed E-state index contributed by atoms with van der Waals surface area (Å²) < 4.78 is 0. The summed E-state index contributed by atoms with van der Waals surface area (Å²) in [5.41, 5.74) is 22.9. The fourth-order valence-corrected chi connectivity index (χ4v) is 9.12. The van der Waals surface area contributed by atoms with E-state index in [0.29, 0.717) is 0 Å². The van der Waals surface area contributed by atoms with E-state index in [1.807, 2.05) is 36.4 Å². The zero-order valence-corrected chi connectivity index (χ0v) is 42.1. The van der Waals surface area contributed by atoms with Crippen LogP contribution in [0.15, 0.2) is 273 Å².